The van der Waals surface area contributed by atoms with Gasteiger partial charge in [0.25, 0.3) is 0 Å². The maximum atomic E-state index is 10.3. The number of aliphatic hydroxyl groups excluding tert-OH is 1. The van der Waals surface area contributed by atoms with Crippen LogP contribution >= 0.6 is 0 Å². The number of carboxylic acid groups (broad SMARTS) is 1. The molecule has 6 heteroatoms. The van der Waals surface area contributed by atoms with Crippen molar-refractivity contribution >= 4 is 5.97 Å². The summed E-state index contributed by atoms with van der Waals surface area (Å²) >= 11 is 0. The first kappa shape index (κ1) is 29.5. The molecule has 1 unspecified atom stereocenters. The van der Waals surface area contributed by atoms with E-state index < -0.39 is 18.0 Å². The van der Waals surface area contributed by atoms with Crippen LogP contribution in [-0.4, -0.2) is 43.6 Å². The topological polar surface area (TPSA) is 118 Å². The first-order valence-corrected chi connectivity index (χ1v) is 11.3. The van der Waals surface area contributed by atoms with Gasteiger partial charge in [0.2, 0.25) is 0 Å². The molecule has 28 heavy (non-hydrogen) atoms. The van der Waals surface area contributed by atoms with Crippen LogP contribution in [0.4, 0.5) is 0 Å². The molecule has 0 fully saturated rings. The highest BCUT2D eigenvalue weighted by atomic mass is 16.7. The highest BCUT2D eigenvalue weighted by molar-refractivity contribution is 5.66. The Labute approximate surface area is 172 Å². The highest BCUT2D eigenvalue weighted by Gasteiger charge is 2.27. The van der Waals surface area contributed by atoms with Crippen LogP contribution < -0.4 is 0 Å². The Morgan fingerprint density at radius 1 is 0.679 bits per heavy atom. The Morgan fingerprint density at radius 3 is 1.21 bits per heavy atom. The number of hydrogen-bond donors (Lipinski definition) is 5. The van der Waals surface area contributed by atoms with E-state index in [2.05, 4.69) is 6.92 Å². The van der Waals surface area contributed by atoms with Crippen molar-refractivity contribution in [2.45, 2.75) is 135 Å². The van der Waals surface area contributed by atoms with E-state index in [4.69, 9.17) is 25.5 Å². The summed E-state index contributed by atoms with van der Waals surface area (Å²) in [5.41, 5.74) is 0. The van der Waals surface area contributed by atoms with Crippen molar-refractivity contribution < 1.29 is 30.3 Å². The normalized spacial score (nSPS) is 12.4. The average Bonchev–Trinajstić information content (AvgIpc) is 2.63. The second-order valence-corrected chi connectivity index (χ2v) is 7.70. The Balaban J connectivity index is 0. The highest BCUT2D eigenvalue weighted by Crippen LogP contribution is 2.13. The Kier molecular flexibility index (Phi) is 22.2. The quantitative estimate of drug-likeness (QED) is 0.166. The number of unbranched alkanes of at least 4 members (excludes halogenated alkanes) is 14. The van der Waals surface area contributed by atoms with E-state index in [1.807, 2.05) is 0 Å². The lowest BCUT2D eigenvalue weighted by atomic mass is 10.0. The van der Waals surface area contributed by atoms with E-state index in [1.54, 1.807) is 0 Å². The molecule has 5 N–H and O–H groups in total. The minimum absolute atomic E-state index is 0.101. The van der Waals surface area contributed by atoms with Crippen molar-refractivity contribution in [2.75, 3.05) is 0 Å². The van der Waals surface area contributed by atoms with Gasteiger partial charge in [-0.3, -0.25) is 4.79 Å². The van der Waals surface area contributed by atoms with Gasteiger partial charge in [-0.15, -0.1) is 0 Å². The molecule has 170 valence electrons. The lowest BCUT2D eigenvalue weighted by Gasteiger charge is -2.18. The van der Waals surface area contributed by atoms with Crippen LogP contribution in [0.5, 0.6) is 0 Å². The van der Waals surface area contributed by atoms with Gasteiger partial charge in [-0.2, -0.15) is 0 Å². The van der Waals surface area contributed by atoms with E-state index in [9.17, 15) is 4.79 Å². The predicted octanol–water partition coefficient (Wildman–Crippen LogP) is 4.72. The fourth-order valence-corrected chi connectivity index (χ4v) is 2.92. The number of aliphatic carboxylic acids is 1. The second-order valence-electron chi connectivity index (χ2n) is 7.70. The minimum Gasteiger partial charge on any atom is -0.481 e. The summed E-state index contributed by atoms with van der Waals surface area (Å²) in [5.74, 6) is -3.59. The third-order valence-corrected chi connectivity index (χ3v) is 4.83. The molecule has 0 bridgehead atoms. The number of carbonyl (C=O) groups is 1. The summed E-state index contributed by atoms with van der Waals surface area (Å²) in [6.07, 6.45) is 18.8. The molecule has 0 heterocycles. The molecule has 1 atom stereocenters. The number of rotatable bonds is 18. The van der Waals surface area contributed by atoms with Gasteiger partial charge in [-0.1, -0.05) is 104 Å². The van der Waals surface area contributed by atoms with Crippen LogP contribution in [0.25, 0.3) is 0 Å². The monoisotopic (exact) mass is 406 g/mol. The van der Waals surface area contributed by atoms with Gasteiger partial charge in [0.15, 0.2) is 0 Å². The molecule has 0 aliphatic heterocycles. The zero-order chi connectivity index (χ0) is 21.7. The lowest BCUT2D eigenvalue weighted by Crippen LogP contribution is -2.41. The van der Waals surface area contributed by atoms with E-state index in [0.29, 0.717) is 6.42 Å². The largest absolute Gasteiger partial charge is 0.481 e. The molecule has 0 aromatic heterocycles. The smallest absolute Gasteiger partial charge is 0.303 e. The third-order valence-electron chi connectivity index (χ3n) is 4.83. The van der Waals surface area contributed by atoms with E-state index in [-0.39, 0.29) is 6.42 Å². The van der Waals surface area contributed by atoms with Crippen molar-refractivity contribution in [2.24, 2.45) is 0 Å². The van der Waals surface area contributed by atoms with Crippen LogP contribution in [0.1, 0.15) is 123 Å². The number of carboxylic acids is 1. The van der Waals surface area contributed by atoms with Gasteiger partial charge < -0.3 is 25.5 Å². The first-order chi connectivity index (χ1) is 13.3. The molecule has 0 saturated carbocycles. The summed E-state index contributed by atoms with van der Waals surface area (Å²) in [4.78, 5) is 10.3. The third kappa shape index (κ3) is 25.3. The molecule has 0 amide bonds. The van der Waals surface area contributed by atoms with Gasteiger partial charge in [0.05, 0.1) is 0 Å². The summed E-state index contributed by atoms with van der Waals surface area (Å²) in [7, 11) is 0. The average molecular weight is 407 g/mol. The summed E-state index contributed by atoms with van der Waals surface area (Å²) in [5, 5.41) is 41.4. The Hall–Kier alpha value is -0.690. The van der Waals surface area contributed by atoms with Gasteiger partial charge in [0, 0.05) is 6.42 Å². The molecule has 6 nitrogen and oxygen atoms in total. The van der Waals surface area contributed by atoms with Crippen molar-refractivity contribution in [3.63, 3.8) is 0 Å². The van der Waals surface area contributed by atoms with Crippen LogP contribution in [-0.2, 0) is 4.79 Å². The Bertz CT molecular complexity index is 327. The Morgan fingerprint density at radius 2 is 1.00 bits per heavy atom. The van der Waals surface area contributed by atoms with E-state index >= 15 is 0 Å². The molecule has 0 saturated heterocycles. The molecular weight excluding hydrogens is 360 g/mol. The first-order valence-electron chi connectivity index (χ1n) is 11.3. The molecule has 0 radical (unpaired) electrons. The predicted molar refractivity (Wildman–Crippen MR) is 113 cm³/mol. The van der Waals surface area contributed by atoms with Crippen LogP contribution in [0, 0.1) is 0 Å². The van der Waals surface area contributed by atoms with Crippen molar-refractivity contribution in [3.05, 3.63) is 0 Å². The molecule has 0 aliphatic rings. The van der Waals surface area contributed by atoms with Gasteiger partial charge in [-0.05, 0) is 12.8 Å². The van der Waals surface area contributed by atoms with Gasteiger partial charge in [0.1, 0.15) is 6.10 Å². The van der Waals surface area contributed by atoms with E-state index in [0.717, 1.165) is 12.8 Å². The summed E-state index contributed by atoms with van der Waals surface area (Å²) in [6, 6.07) is 0. The molecule has 0 aromatic rings. The minimum atomic E-state index is -2.94. The zero-order valence-electron chi connectivity index (χ0n) is 18.2. The molecule has 0 aromatic carbocycles. The van der Waals surface area contributed by atoms with Crippen molar-refractivity contribution in [1.29, 1.82) is 0 Å². The maximum absolute atomic E-state index is 10.3. The van der Waals surface area contributed by atoms with E-state index in [1.165, 1.54) is 90.4 Å². The molecular formula is C22H46O6. The van der Waals surface area contributed by atoms with Gasteiger partial charge in [-0.25, -0.2) is 0 Å². The van der Waals surface area contributed by atoms with Crippen LogP contribution in [0.2, 0.25) is 0 Å². The molecule has 0 aliphatic carbocycles. The number of aliphatic hydroxyl groups is 4. The molecule has 0 spiro atoms. The van der Waals surface area contributed by atoms with Crippen molar-refractivity contribution in [3.8, 4) is 0 Å². The second kappa shape index (κ2) is 21.0. The zero-order valence-corrected chi connectivity index (χ0v) is 18.2. The fourth-order valence-electron chi connectivity index (χ4n) is 2.92. The van der Waals surface area contributed by atoms with Crippen LogP contribution in [0.15, 0.2) is 0 Å². The molecule has 0 rings (SSSR count). The maximum Gasteiger partial charge on any atom is 0.303 e. The summed E-state index contributed by atoms with van der Waals surface area (Å²) in [6.45, 7) is 3.79. The summed E-state index contributed by atoms with van der Waals surface area (Å²) < 4.78 is 0. The SMILES string of the molecule is CCC(O)C(O)(O)O.CCCCCCCCCCCCCCCCCC(=O)O. The number of hydrogen-bond acceptors (Lipinski definition) is 5. The standard InChI is InChI=1S/C18H36O2.C4H10O4/c1-2-3-4-5-6-7-8-9-10-11-12-13-14-15-16-17-18(19)20;1-2-3(5)4(6,7)8/h2-17H2,1H3,(H,19,20);3,5-8H,2H2,1H3. The van der Waals surface area contributed by atoms with Crippen LogP contribution in [0.3, 0.4) is 0 Å². The lowest BCUT2D eigenvalue weighted by molar-refractivity contribution is -0.354. The van der Waals surface area contributed by atoms with Gasteiger partial charge >= 0.3 is 11.9 Å². The van der Waals surface area contributed by atoms with Crippen molar-refractivity contribution in [1.82, 2.24) is 0 Å². The fraction of sp³-hybridized carbons (Fsp3) is 0.955.